The van der Waals surface area contributed by atoms with Crippen LogP contribution in [0.2, 0.25) is 18.1 Å². The minimum atomic E-state index is -1.89. The summed E-state index contributed by atoms with van der Waals surface area (Å²) in [7, 11) is -1.89. The summed E-state index contributed by atoms with van der Waals surface area (Å²) < 4.78 is 14.0. The molecule has 25 heavy (non-hydrogen) atoms. The van der Waals surface area contributed by atoms with Crippen LogP contribution in [-0.4, -0.2) is 51.8 Å². The lowest BCUT2D eigenvalue weighted by molar-refractivity contribution is -0.0405. The molecule has 0 saturated carbocycles. The van der Waals surface area contributed by atoms with Gasteiger partial charge in [0, 0.05) is 6.42 Å². The predicted octanol–water partition coefficient (Wildman–Crippen LogP) is 2.08. The number of imidazole rings is 1. The van der Waals surface area contributed by atoms with Gasteiger partial charge in [-0.25, -0.2) is 15.0 Å². The normalized spacial score (nSPS) is 25.0. The van der Waals surface area contributed by atoms with E-state index in [0.29, 0.717) is 30.0 Å². The first-order valence-corrected chi connectivity index (χ1v) is 11.4. The molecule has 138 valence electrons. The zero-order valence-corrected chi connectivity index (χ0v) is 16.4. The monoisotopic (exact) mass is 365 g/mol. The van der Waals surface area contributed by atoms with Gasteiger partial charge >= 0.3 is 0 Å². The van der Waals surface area contributed by atoms with Gasteiger partial charge in [0.1, 0.15) is 24.2 Å². The highest BCUT2D eigenvalue weighted by molar-refractivity contribution is 6.74. The number of nitrogens with zero attached hydrogens (tertiary/aromatic N) is 4. The van der Waals surface area contributed by atoms with Crippen molar-refractivity contribution in [3.8, 4) is 0 Å². The van der Waals surface area contributed by atoms with Crippen molar-refractivity contribution in [2.75, 3.05) is 12.3 Å². The zero-order valence-electron chi connectivity index (χ0n) is 15.4. The summed E-state index contributed by atoms with van der Waals surface area (Å²) in [5.41, 5.74) is 6.98. The van der Waals surface area contributed by atoms with Crippen molar-refractivity contribution in [3.63, 3.8) is 0 Å². The third-order valence-corrected chi connectivity index (χ3v) is 9.82. The van der Waals surface area contributed by atoms with Crippen LogP contribution >= 0.6 is 0 Å². The van der Waals surface area contributed by atoms with Crippen molar-refractivity contribution in [2.24, 2.45) is 0 Å². The summed E-state index contributed by atoms with van der Waals surface area (Å²) in [5.74, 6) is 0.333. The largest absolute Gasteiger partial charge is 0.414 e. The van der Waals surface area contributed by atoms with E-state index < -0.39 is 14.4 Å². The standard InChI is InChI=1S/C16H27N5O3Si/c1-16(2,3)25(4,5)23-7-11-10(22)6-12(24-11)21-9-20-13-14(17)18-8-19-15(13)21/h8-12,22H,6-7H2,1-5H3,(H2,17,18,19)/t10-,11-,12-/m1/s1. The maximum Gasteiger partial charge on any atom is 0.192 e. The van der Waals surface area contributed by atoms with Crippen molar-refractivity contribution in [2.45, 2.75) is 63.8 Å². The molecule has 1 aliphatic heterocycles. The predicted molar refractivity (Wildman–Crippen MR) is 97.4 cm³/mol. The molecule has 0 bridgehead atoms. The SMILES string of the molecule is CC(C)(C)[Si](C)(C)OC[C@H]1O[C@@H](n2cnc3c(N)ncnc32)C[C@H]1O. The van der Waals surface area contributed by atoms with Gasteiger partial charge < -0.3 is 20.0 Å². The second kappa shape index (κ2) is 6.31. The van der Waals surface area contributed by atoms with E-state index in [4.69, 9.17) is 14.9 Å². The van der Waals surface area contributed by atoms with Crippen LogP contribution in [0.3, 0.4) is 0 Å². The van der Waals surface area contributed by atoms with E-state index in [1.807, 2.05) is 0 Å². The summed E-state index contributed by atoms with van der Waals surface area (Å²) in [4.78, 5) is 12.4. The molecule has 1 aliphatic rings. The van der Waals surface area contributed by atoms with Gasteiger partial charge in [0.25, 0.3) is 0 Å². The topological polar surface area (TPSA) is 108 Å². The number of nitrogens with two attached hydrogens (primary N) is 1. The number of hydrogen-bond acceptors (Lipinski definition) is 7. The number of nitrogen functional groups attached to an aromatic ring is 1. The van der Waals surface area contributed by atoms with Crippen LogP contribution < -0.4 is 5.73 Å². The highest BCUT2D eigenvalue weighted by atomic mass is 28.4. The van der Waals surface area contributed by atoms with Gasteiger partial charge in [0.2, 0.25) is 0 Å². The third-order valence-electron chi connectivity index (χ3n) is 5.32. The average molecular weight is 366 g/mol. The Labute approximate surface area is 148 Å². The lowest BCUT2D eigenvalue weighted by atomic mass is 10.2. The molecule has 0 aliphatic carbocycles. The fourth-order valence-corrected chi connectivity index (χ4v) is 3.64. The van der Waals surface area contributed by atoms with Gasteiger partial charge in [-0.15, -0.1) is 0 Å². The van der Waals surface area contributed by atoms with Crippen molar-refractivity contribution < 1.29 is 14.3 Å². The van der Waals surface area contributed by atoms with Crippen LogP contribution in [0.5, 0.6) is 0 Å². The van der Waals surface area contributed by atoms with Gasteiger partial charge in [-0.3, -0.25) is 4.57 Å². The van der Waals surface area contributed by atoms with E-state index in [-0.39, 0.29) is 17.4 Å². The maximum atomic E-state index is 10.4. The summed E-state index contributed by atoms with van der Waals surface area (Å²) in [5, 5.41) is 10.5. The average Bonchev–Trinajstić information content (AvgIpc) is 3.08. The second-order valence-corrected chi connectivity index (χ2v) is 12.9. The van der Waals surface area contributed by atoms with Gasteiger partial charge in [0.05, 0.1) is 19.0 Å². The quantitative estimate of drug-likeness (QED) is 0.798. The summed E-state index contributed by atoms with van der Waals surface area (Å²) in [6.45, 7) is 11.3. The van der Waals surface area contributed by atoms with E-state index in [1.54, 1.807) is 10.9 Å². The Hall–Kier alpha value is -1.55. The van der Waals surface area contributed by atoms with E-state index in [2.05, 4.69) is 48.8 Å². The van der Waals surface area contributed by atoms with Crippen molar-refractivity contribution >= 4 is 25.3 Å². The molecule has 0 aromatic carbocycles. The molecule has 0 amide bonds. The first-order valence-electron chi connectivity index (χ1n) is 8.50. The van der Waals surface area contributed by atoms with Crippen LogP contribution in [0.25, 0.3) is 11.2 Å². The molecule has 3 N–H and O–H groups in total. The van der Waals surface area contributed by atoms with Crippen LogP contribution in [0.1, 0.15) is 33.4 Å². The molecule has 9 heteroatoms. The number of anilines is 1. The Morgan fingerprint density at radius 2 is 2.08 bits per heavy atom. The van der Waals surface area contributed by atoms with Gasteiger partial charge in [-0.2, -0.15) is 0 Å². The van der Waals surface area contributed by atoms with Crippen LogP contribution in [0.4, 0.5) is 5.82 Å². The summed E-state index contributed by atoms with van der Waals surface area (Å²) >= 11 is 0. The zero-order chi connectivity index (χ0) is 18.4. The number of aromatic nitrogens is 4. The van der Waals surface area contributed by atoms with Crippen LogP contribution in [0, 0.1) is 0 Å². The number of aliphatic hydroxyl groups is 1. The molecular formula is C16H27N5O3Si. The lowest BCUT2D eigenvalue weighted by Gasteiger charge is -2.37. The number of aliphatic hydroxyl groups excluding tert-OH is 1. The Morgan fingerprint density at radius 1 is 1.36 bits per heavy atom. The van der Waals surface area contributed by atoms with Gasteiger partial charge in [0.15, 0.2) is 19.8 Å². The molecule has 0 radical (unpaired) electrons. The van der Waals surface area contributed by atoms with E-state index in [1.165, 1.54) is 6.33 Å². The molecular weight excluding hydrogens is 338 g/mol. The van der Waals surface area contributed by atoms with Crippen LogP contribution in [-0.2, 0) is 9.16 Å². The number of hydrogen-bond donors (Lipinski definition) is 2. The number of fused-ring (bicyclic) bond motifs is 1. The van der Waals surface area contributed by atoms with Gasteiger partial charge in [-0.1, -0.05) is 20.8 Å². The Balaban J connectivity index is 1.72. The molecule has 3 heterocycles. The lowest BCUT2D eigenvalue weighted by Crippen LogP contribution is -2.43. The highest BCUT2D eigenvalue weighted by Gasteiger charge is 2.41. The molecule has 3 atom stereocenters. The Kier molecular flexibility index (Phi) is 4.61. The van der Waals surface area contributed by atoms with E-state index >= 15 is 0 Å². The van der Waals surface area contributed by atoms with Crippen LogP contribution in [0.15, 0.2) is 12.7 Å². The fraction of sp³-hybridized carbons (Fsp3) is 0.688. The highest BCUT2D eigenvalue weighted by Crippen LogP contribution is 2.38. The van der Waals surface area contributed by atoms with Crippen molar-refractivity contribution in [3.05, 3.63) is 12.7 Å². The minimum Gasteiger partial charge on any atom is -0.414 e. The second-order valence-electron chi connectivity index (χ2n) is 8.09. The van der Waals surface area contributed by atoms with E-state index in [0.717, 1.165) is 0 Å². The molecule has 2 aromatic rings. The Morgan fingerprint density at radius 3 is 2.76 bits per heavy atom. The first kappa shape index (κ1) is 18.2. The molecule has 1 fully saturated rings. The maximum absolute atomic E-state index is 10.4. The van der Waals surface area contributed by atoms with Gasteiger partial charge in [-0.05, 0) is 18.1 Å². The van der Waals surface area contributed by atoms with Crippen molar-refractivity contribution in [1.29, 1.82) is 0 Å². The number of rotatable bonds is 4. The third kappa shape index (κ3) is 3.41. The summed E-state index contributed by atoms with van der Waals surface area (Å²) in [6, 6.07) is 0. The van der Waals surface area contributed by atoms with Crippen molar-refractivity contribution in [1.82, 2.24) is 19.5 Å². The molecule has 8 nitrogen and oxygen atoms in total. The fourth-order valence-electron chi connectivity index (χ4n) is 2.62. The molecule has 1 saturated heterocycles. The summed E-state index contributed by atoms with van der Waals surface area (Å²) in [6.07, 6.45) is 2.19. The van der Waals surface area contributed by atoms with E-state index in [9.17, 15) is 5.11 Å². The smallest absolute Gasteiger partial charge is 0.192 e. The molecule has 0 unspecified atom stereocenters. The molecule has 2 aromatic heterocycles. The molecule has 0 spiro atoms. The molecule has 3 rings (SSSR count). The first-order chi connectivity index (χ1) is 11.6. The Bertz CT molecular complexity index is 758. The minimum absolute atomic E-state index is 0.116. The number of ether oxygens (including phenoxy) is 1.